The summed E-state index contributed by atoms with van der Waals surface area (Å²) in [6, 6.07) is 15.7. The van der Waals surface area contributed by atoms with Gasteiger partial charge in [-0.2, -0.15) is 0 Å². The molecule has 1 heterocycles. The number of rotatable bonds is 6. The second kappa shape index (κ2) is 7.64. The molecule has 1 aliphatic carbocycles. The molecule has 6 heteroatoms. The molecule has 0 aliphatic heterocycles. The number of hydrogen-bond acceptors (Lipinski definition) is 5. The van der Waals surface area contributed by atoms with Crippen LogP contribution < -0.4 is 14.8 Å². The van der Waals surface area contributed by atoms with E-state index in [9.17, 15) is 4.79 Å². The summed E-state index contributed by atoms with van der Waals surface area (Å²) in [5.74, 6) is 1.95. The van der Waals surface area contributed by atoms with Crippen LogP contribution in [0.15, 0.2) is 48.5 Å². The first-order valence-electron chi connectivity index (χ1n) is 9.15. The van der Waals surface area contributed by atoms with Crippen LogP contribution in [0.2, 0.25) is 0 Å². The largest absolute Gasteiger partial charge is 0.497 e. The third-order valence-electron chi connectivity index (χ3n) is 5.06. The number of anilines is 1. The number of nitrogens with one attached hydrogen (secondary N) is 1. The van der Waals surface area contributed by atoms with Gasteiger partial charge in [0, 0.05) is 16.4 Å². The van der Waals surface area contributed by atoms with Gasteiger partial charge >= 0.3 is 0 Å². The van der Waals surface area contributed by atoms with Gasteiger partial charge in [-0.1, -0.05) is 12.1 Å². The maximum atomic E-state index is 12.6. The predicted octanol–water partition coefficient (Wildman–Crippen LogP) is 4.88. The second-order valence-corrected chi connectivity index (χ2v) is 8.07. The minimum Gasteiger partial charge on any atom is -0.497 e. The molecule has 1 aliphatic rings. The molecule has 1 amide bonds. The number of aromatic nitrogens is 1. The summed E-state index contributed by atoms with van der Waals surface area (Å²) >= 11 is 1.50. The quantitative estimate of drug-likeness (QED) is 0.647. The normalized spacial score (nSPS) is 17.8. The van der Waals surface area contributed by atoms with Crippen LogP contribution >= 0.6 is 11.3 Å². The van der Waals surface area contributed by atoms with Crippen LogP contribution in [0.1, 0.15) is 22.8 Å². The van der Waals surface area contributed by atoms with E-state index in [1.807, 2.05) is 55.5 Å². The van der Waals surface area contributed by atoms with Crippen LogP contribution in [0.5, 0.6) is 11.5 Å². The number of benzene rings is 2. The summed E-state index contributed by atoms with van der Waals surface area (Å²) in [7, 11) is 3.30. The van der Waals surface area contributed by atoms with Gasteiger partial charge in [0.15, 0.2) is 5.13 Å². The molecular formula is C22H22N2O3S. The van der Waals surface area contributed by atoms with Gasteiger partial charge in [-0.25, -0.2) is 4.98 Å². The lowest BCUT2D eigenvalue weighted by molar-refractivity contribution is -0.117. The molecule has 0 radical (unpaired) electrons. The Morgan fingerprint density at radius 1 is 1.04 bits per heavy atom. The third kappa shape index (κ3) is 3.73. The summed E-state index contributed by atoms with van der Waals surface area (Å²) < 4.78 is 10.4. The zero-order valence-corrected chi connectivity index (χ0v) is 16.9. The maximum Gasteiger partial charge on any atom is 0.229 e. The number of carbonyl (C=O) groups is 1. The van der Waals surface area contributed by atoms with E-state index in [0.717, 1.165) is 34.1 Å². The molecule has 2 atom stereocenters. The highest BCUT2D eigenvalue weighted by Gasteiger charge is 2.44. The van der Waals surface area contributed by atoms with Crippen LogP contribution in [0.4, 0.5) is 5.13 Å². The number of thiazole rings is 1. The van der Waals surface area contributed by atoms with Crippen molar-refractivity contribution in [3.8, 4) is 22.8 Å². The zero-order valence-electron chi connectivity index (χ0n) is 16.1. The van der Waals surface area contributed by atoms with Crippen LogP contribution in [0.3, 0.4) is 0 Å². The van der Waals surface area contributed by atoms with E-state index in [-0.39, 0.29) is 17.7 Å². The summed E-state index contributed by atoms with van der Waals surface area (Å²) in [6.45, 7) is 2.02. The smallest absolute Gasteiger partial charge is 0.229 e. The summed E-state index contributed by atoms with van der Waals surface area (Å²) in [6.07, 6.45) is 0.869. The molecule has 1 saturated carbocycles. The molecule has 28 heavy (non-hydrogen) atoms. The van der Waals surface area contributed by atoms with Crippen molar-refractivity contribution in [2.24, 2.45) is 5.92 Å². The Morgan fingerprint density at radius 2 is 1.64 bits per heavy atom. The lowest BCUT2D eigenvalue weighted by Crippen LogP contribution is -2.14. The number of methoxy groups -OCH3 is 2. The van der Waals surface area contributed by atoms with E-state index in [2.05, 4.69) is 10.3 Å². The first-order valence-corrected chi connectivity index (χ1v) is 9.97. The molecule has 0 spiro atoms. The Labute approximate surface area is 168 Å². The molecule has 0 saturated heterocycles. The van der Waals surface area contributed by atoms with Gasteiger partial charge in [0.25, 0.3) is 0 Å². The van der Waals surface area contributed by atoms with Crippen molar-refractivity contribution in [3.63, 3.8) is 0 Å². The molecule has 2 aromatic carbocycles. The topological polar surface area (TPSA) is 60.5 Å². The predicted molar refractivity (Wildman–Crippen MR) is 111 cm³/mol. The van der Waals surface area contributed by atoms with E-state index >= 15 is 0 Å². The molecule has 1 aromatic heterocycles. The highest BCUT2D eigenvalue weighted by atomic mass is 32.1. The number of ether oxygens (including phenoxy) is 2. The van der Waals surface area contributed by atoms with Crippen LogP contribution in [0.25, 0.3) is 11.3 Å². The number of nitrogens with zero attached hydrogens (tertiary/aromatic N) is 1. The van der Waals surface area contributed by atoms with E-state index in [0.29, 0.717) is 5.13 Å². The lowest BCUT2D eigenvalue weighted by Gasteiger charge is -2.04. The zero-order chi connectivity index (χ0) is 19.7. The first kappa shape index (κ1) is 18.5. The number of amides is 1. The van der Waals surface area contributed by atoms with Gasteiger partial charge in [-0.15, -0.1) is 11.3 Å². The first-order chi connectivity index (χ1) is 13.6. The SMILES string of the molecule is COc1ccc(-c2nc(NC(=O)C3CC3c3ccc(OC)cc3)sc2C)cc1. The highest BCUT2D eigenvalue weighted by Crippen LogP contribution is 2.48. The monoisotopic (exact) mass is 394 g/mol. The van der Waals surface area contributed by atoms with Gasteiger partial charge in [0.05, 0.1) is 19.9 Å². The average Bonchev–Trinajstić information content (AvgIpc) is 3.45. The Hall–Kier alpha value is -2.86. The van der Waals surface area contributed by atoms with E-state index < -0.39 is 0 Å². The Bertz CT molecular complexity index is 980. The van der Waals surface area contributed by atoms with E-state index in [1.54, 1.807) is 14.2 Å². The van der Waals surface area contributed by atoms with Crippen molar-refractivity contribution >= 4 is 22.4 Å². The highest BCUT2D eigenvalue weighted by molar-refractivity contribution is 7.16. The van der Waals surface area contributed by atoms with Crippen molar-refractivity contribution in [2.45, 2.75) is 19.3 Å². The fraction of sp³-hybridized carbons (Fsp3) is 0.273. The van der Waals surface area contributed by atoms with Crippen molar-refractivity contribution in [2.75, 3.05) is 19.5 Å². The van der Waals surface area contributed by atoms with Gasteiger partial charge < -0.3 is 14.8 Å². The Morgan fingerprint density at radius 3 is 2.25 bits per heavy atom. The van der Waals surface area contributed by atoms with Crippen LogP contribution in [0, 0.1) is 12.8 Å². The average molecular weight is 394 g/mol. The van der Waals surface area contributed by atoms with Crippen molar-refractivity contribution in [1.29, 1.82) is 0 Å². The number of aryl methyl sites for hydroxylation is 1. The molecule has 1 N–H and O–H groups in total. The lowest BCUT2D eigenvalue weighted by atomic mass is 10.1. The minimum absolute atomic E-state index is 0.00189. The maximum absolute atomic E-state index is 12.6. The molecule has 2 unspecified atom stereocenters. The summed E-state index contributed by atoms with van der Waals surface area (Å²) in [5.41, 5.74) is 3.08. The molecule has 5 nitrogen and oxygen atoms in total. The van der Waals surface area contributed by atoms with Gasteiger partial charge in [-0.05, 0) is 61.2 Å². The molecule has 3 aromatic rings. The standard InChI is InChI=1S/C22H22N2O3S/c1-13-20(15-6-10-17(27-3)11-7-15)23-22(28-13)24-21(25)19-12-18(19)14-4-8-16(26-2)9-5-14/h4-11,18-19H,12H2,1-3H3,(H,23,24,25). The Balaban J connectivity index is 1.42. The van der Waals surface area contributed by atoms with E-state index in [4.69, 9.17) is 9.47 Å². The van der Waals surface area contributed by atoms with Gasteiger partial charge in [0.1, 0.15) is 11.5 Å². The fourth-order valence-electron chi connectivity index (χ4n) is 3.37. The minimum atomic E-state index is 0.00189. The Kier molecular flexibility index (Phi) is 5.05. The number of hydrogen-bond donors (Lipinski definition) is 1. The van der Waals surface area contributed by atoms with Crippen LogP contribution in [-0.4, -0.2) is 25.1 Å². The van der Waals surface area contributed by atoms with Gasteiger partial charge in [-0.3, -0.25) is 4.79 Å². The fourth-order valence-corrected chi connectivity index (χ4v) is 4.21. The van der Waals surface area contributed by atoms with Crippen molar-refractivity contribution in [3.05, 3.63) is 59.0 Å². The molecule has 4 rings (SSSR count). The second-order valence-electron chi connectivity index (χ2n) is 6.86. The van der Waals surface area contributed by atoms with Crippen molar-refractivity contribution in [1.82, 2.24) is 4.98 Å². The van der Waals surface area contributed by atoms with Crippen LogP contribution in [-0.2, 0) is 4.79 Å². The molecule has 0 bridgehead atoms. The third-order valence-corrected chi connectivity index (χ3v) is 5.95. The van der Waals surface area contributed by atoms with E-state index in [1.165, 1.54) is 16.9 Å². The molecule has 1 fully saturated rings. The molecular weight excluding hydrogens is 372 g/mol. The van der Waals surface area contributed by atoms with Gasteiger partial charge in [0.2, 0.25) is 5.91 Å². The summed E-state index contributed by atoms with van der Waals surface area (Å²) in [5, 5.41) is 3.65. The van der Waals surface area contributed by atoms with Crippen molar-refractivity contribution < 1.29 is 14.3 Å². The molecule has 144 valence electrons. The summed E-state index contributed by atoms with van der Waals surface area (Å²) in [4.78, 5) is 18.3. The number of carbonyl (C=O) groups excluding carboxylic acids is 1.